The summed E-state index contributed by atoms with van der Waals surface area (Å²) in [7, 11) is 3.20. The predicted octanol–water partition coefficient (Wildman–Crippen LogP) is 3.27. The third-order valence-electron chi connectivity index (χ3n) is 5.76. The Bertz CT molecular complexity index is 1060. The molecule has 3 aromatic rings. The van der Waals surface area contributed by atoms with Crippen LogP contribution in [0.5, 0.6) is 17.4 Å². The number of nitrogens with one attached hydrogen (secondary N) is 1. The maximum absolute atomic E-state index is 12.2. The molecule has 32 heavy (non-hydrogen) atoms. The second-order valence-corrected chi connectivity index (χ2v) is 7.94. The number of amides is 1. The highest BCUT2D eigenvalue weighted by molar-refractivity contribution is 5.76. The van der Waals surface area contributed by atoms with Gasteiger partial charge in [-0.15, -0.1) is 15.3 Å². The van der Waals surface area contributed by atoms with E-state index >= 15 is 0 Å². The number of rotatable bonds is 9. The molecule has 0 saturated heterocycles. The average molecular weight is 440 g/mol. The van der Waals surface area contributed by atoms with Crippen molar-refractivity contribution < 1.29 is 19.0 Å². The Balaban J connectivity index is 1.39. The lowest BCUT2D eigenvalue weighted by molar-refractivity contribution is -0.122. The van der Waals surface area contributed by atoms with Crippen molar-refractivity contribution in [2.24, 2.45) is 5.92 Å². The molecule has 0 radical (unpaired) electrons. The molecule has 2 heterocycles. The first-order valence-electron chi connectivity index (χ1n) is 11.0. The zero-order valence-electron chi connectivity index (χ0n) is 18.5. The van der Waals surface area contributed by atoms with E-state index in [9.17, 15) is 4.79 Å². The average Bonchev–Trinajstić information content (AvgIpc) is 3.25. The first-order chi connectivity index (χ1) is 15.7. The van der Waals surface area contributed by atoms with Crippen molar-refractivity contribution in [3.05, 3.63) is 30.3 Å². The van der Waals surface area contributed by atoms with Crippen molar-refractivity contribution in [3.63, 3.8) is 0 Å². The molecular weight excluding hydrogens is 410 g/mol. The quantitative estimate of drug-likeness (QED) is 0.511. The molecule has 4 rings (SSSR count). The van der Waals surface area contributed by atoms with Crippen LogP contribution in [0.1, 0.15) is 38.5 Å². The number of hydrogen-bond acceptors (Lipinski definition) is 7. The summed E-state index contributed by atoms with van der Waals surface area (Å²) in [6.45, 7) is 0.763. The summed E-state index contributed by atoms with van der Waals surface area (Å²) in [6.07, 6.45) is 6.70. The summed E-state index contributed by atoms with van der Waals surface area (Å²) in [5, 5.41) is 15.9. The minimum Gasteiger partial charge on any atom is -0.497 e. The molecule has 0 aliphatic heterocycles. The van der Waals surface area contributed by atoms with Crippen LogP contribution in [0.15, 0.2) is 30.3 Å². The van der Waals surface area contributed by atoms with E-state index in [1.165, 1.54) is 19.3 Å². The van der Waals surface area contributed by atoms with Gasteiger partial charge in [-0.1, -0.05) is 19.3 Å². The number of aromatic nitrogens is 4. The molecule has 2 aromatic heterocycles. The number of hydrogen-bond donors (Lipinski definition) is 1. The Hall–Kier alpha value is -3.36. The second-order valence-electron chi connectivity index (χ2n) is 7.94. The number of carbonyl (C=O) groups excluding carboxylic acids is 1. The monoisotopic (exact) mass is 439 g/mol. The van der Waals surface area contributed by atoms with Gasteiger partial charge in [0.25, 0.3) is 0 Å². The summed E-state index contributed by atoms with van der Waals surface area (Å²) in [6, 6.07) is 8.97. The van der Waals surface area contributed by atoms with E-state index in [1.54, 1.807) is 30.9 Å². The van der Waals surface area contributed by atoms with E-state index < -0.39 is 0 Å². The Morgan fingerprint density at radius 2 is 1.94 bits per heavy atom. The van der Waals surface area contributed by atoms with Crippen molar-refractivity contribution in [1.82, 2.24) is 25.1 Å². The summed E-state index contributed by atoms with van der Waals surface area (Å²) in [5.74, 6) is 2.86. The zero-order chi connectivity index (χ0) is 22.3. The number of fused-ring (bicyclic) bond motifs is 1. The molecule has 1 aliphatic carbocycles. The SMILES string of the molecule is COc1ccc(OC)c(-c2nnc3ccc(OCCNC(=O)CC4CCCCC4)nn23)c1. The maximum atomic E-state index is 12.2. The fraction of sp³-hybridized carbons (Fsp3) is 0.478. The highest BCUT2D eigenvalue weighted by atomic mass is 16.5. The van der Waals surface area contributed by atoms with Gasteiger partial charge < -0.3 is 19.5 Å². The molecule has 1 saturated carbocycles. The molecule has 1 aromatic carbocycles. The summed E-state index contributed by atoms with van der Waals surface area (Å²) in [5.41, 5.74) is 1.29. The zero-order valence-corrected chi connectivity index (χ0v) is 18.5. The van der Waals surface area contributed by atoms with Crippen molar-refractivity contribution in [3.8, 4) is 28.8 Å². The van der Waals surface area contributed by atoms with Crippen LogP contribution in [-0.4, -0.2) is 53.1 Å². The van der Waals surface area contributed by atoms with E-state index in [0.29, 0.717) is 59.9 Å². The Kier molecular flexibility index (Phi) is 7.03. The molecule has 1 amide bonds. The first-order valence-corrected chi connectivity index (χ1v) is 11.0. The maximum Gasteiger partial charge on any atom is 0.231 e. The third kappa shape index (κ3) is 5.09. The fourth-order valence-corrected chi connectivity index (χ4v) is 4.08. The lowest BCUT2D eigenvalue weighted by atomic mass is 9.87. The van der Waals surface area contributed by atoms with Crippen LogP contribution in [0.4, 0.5) is 0 Å². The predicted molar refractivity (Wildman–Crippen MR) is 119 cm³/mol. The van der Waals surface area contributed by atoms with Gasteiger partial charge in [-0.2, -0.15) is 4.52 Å². The lowest BCUT2D eigenvalue weighted by Gasteiger charge is -2.20. The number of methoxy groups -OCH3 is 2. The van der Waals surface area contributed by atoms with Gasteiger partial charge in [0.2, 0.25) is 11.8 Å². The van der Waals surface area contributed by atoms with Crippen LogP contribution in [0.3, 0.4) is 0 Å². The van der Waals surface area contributed by atoms with E-state index in [1.807, 2.05) is 18.2 Å². The number of benzene rings is 1. The molecule has 0 spiro atoms. The smallest absolute Gasteiger partial charge is 0.231 e. The molecule has 1 aliphatic rings. The summed E-state index contributed by atoms with van der Waals surface area (Å²) in [4.78, 5) is 12.2. The van der Waals surface area contributed by atoms with Crippen LogP contribution >= 0.6 is 0 Å². The topological polar surface area (TPSA) is 99.9 Å². The number of nitrogens with zero attached hydrogens (tertiary/aromatic N) is 4. The van der Waals surface area contributed by atoms with E-state index in [2.05, 4.69) is 20.6 Å². The van der Waals surface area contributed by atoms with Gasteiger partial charge in [-0.3, -0.25) is 4.79 Å². The van der Waals surface area contributed by atoms with Crippen molar-refractivity contribution in [2.75, 3.05) is 27.4 Å². The normalized spacial score (nSPS) is 14.3. The Labute approximate surface area is 187 Å². The largest absolute Gasteiger partial charge is 0.497 e. The molecular formula is C23H29N5O4. The Morgan fingerprint density at radius 1 is 1.09 bits per heavy atom. The fourth-order valence-electron chi connectivity index (χ4n) is 4.08. The van der Waals surface area contributed by atoms with Gasteiger partial charge in [-0.05, 0) is 43.0 Å². The molecule has 0 bridgehead atoms. The third-order valence-corrected chi connectivity index (χ3v) is 5.76. The van der Waals surface area contributed by atoms with Crippen LogP contribution in [0.2, 0.25) is 0 Å². The molecule has 1 N–H and O–H groups in total. The molecule has 9 nitrogen and oxygen atoms in total. The van der Waals surface area contributed by atoms with E-state index in [0.717, 1.165) is 12.8 Å². The van der Waals surface area contributed by atoms with Crippen molar-refractivity contribution in [2.45, 2.75) is 38.5 Å². The molecule has 0 atom stereocenters. The van der Waals surface area contributed by atoms with Gasteiger partial charge in [0.1, 0.15) is 18.1 Å². The number of carbonyl (C=O) groups is 1. The van der Waals surface area contributed by atoms with Crippen LogP contribution < -0.4 is 19.5 Å². The van der Waals surface area contributed by atoms with Gasteiger partial charge in [0.15, 0.2) is 11.5 Å². The highest BCUT2D eigenvalue weighted by Crippen LogP contribution is 2.32. The molecule has 0 unspecified atom stereocenters. The number of ether oxygens (including phenoxy) is 3. The minimum atomic E-state index is 0.0927. The first kappa shape index (κ1) is 21.9. The van der Waals surface area contributed by atoms with Gasteiger partial charge in [0, 0.05) is 12.5 Å². The van der Waals surface area contributed by atoms with Crippen molar-refractivity contribution in [1.29, 1.82) is 0 Å². The van der Waals surface area contributed by atoms with Gasteiger partial charge in [0.05, 0.1) is 26.3 Å². The van der Waals surface area contributed by atoms with E-state index in [4.69, 9.17) is 14.2 Å². The second kappa shape index (κ2) is 10.3. The minimum absolute atomic E-state index is 0.0927. The van der Waals surface area contributed by atoms with Crippen molar-refractivity contribution >= 4 is 11.6 Å². The molecule has 170 valence electrons. The van der Waals surface area contributed by atoms with Crippen LogP contribution in [-0.2, 0) is 4.79 Å². The molecule has 1 fully saturated rings. The van der Waals surface area contributed by atoms with E-state index in [-0.39, 0.29) is 5.91 Å². The Morgan fingerprint density at radius 3 is 2.72 bits per heavy atom. The highest BCUT2D eigenvalue weighted by Gasteiger charge is 2.18. The molecule has 9 heteroatoms. The standard InChI is InChI=1S/C23H29N5O4/c1-30-17-8-9-19(31-2)18(15-17)23-26-25-20-10-11-22(27-28(20)23)32-13-12-24-21(29)14-16-6-4-3-5-7-16/h8-11,15-16H,3-7,12-14H2,1-2H3,(H,24,29). The summed E-state index contributed by atoms with van der Waals surface area (Å²) < 4.78 is 18.2. The lowest BCUT2D eigenvalue weighted by Crippen LogP contribution is -2.30. The van der Waals surface area contributed by atoms with Gasteiger partial charge >= 0.3 is 0 Å². The van der Waals surface area contributed by atoms with Crippen LogP contribution in [0.25, 0.3) is 17.0 Å². The summed E-state index contributed by atoms with van der Waals surface area (Å²) >= 11 is 0. The van der Waals surface area contributed by atoms with Crippen LogP contribution in [0, 0.1) is 5.92 Å². The van der Waals surface area contributed by atoms with Gasteiger partial charge in [-0.25, -0.2) is 0 Å².